The van der Waals surface area contributed by atoms with E-state index in [0.717, 1.165) is 12.2 Å². The molecule has 0 amide bonds. The van der Waals surface area contributed by atoms with E-state index < -0.39 is 0 Å². The van der Waals surface area contributed by atoms with Crippen molar-refractivity contribution in [1.82, 2.24) is 0 Å². The third kappa shape index (κ3) is 3.83. The maximum atomic E-state index is 11.7. The van der Waals surface area contributed by atoms with Gasteiger partial charge in [0.2, 0.25) is 0 Å². The molecule has 1 aliphatic heterocycles. The fourth-order valence-electron chi connectivity index (χ4n) is 1.39. The van der Waals surface area contributed by atoms with E-state index in [9.17, 15) is 4.79 Å². The van der Waals surface area contributed by atoms with Crippen LogP contribution in [-0.4, -0.2) is 41.0 Å². The number of thioether (sulfide) groups is 2. The van der Waals surface area contributed by atoms with Crippen molar-refractivity contribution < 1.29 is 9.53 Å². The summed E-state index contributed by atoms with van der Waals surface area (Å²) in [5.74, 6) is 2.54. The lowest BCUT2D eigenvalue weighted by Crippen LogP contribution is -2.33. The lowest BCUT2D eigenvalue weighted by molar-refractivity contribution is -0.123. The Morgan fingerprint density at radius 2 is 2.14 bits per heavy atom. The fraction of sp³-hybridized carbons (Fsp3) is 0.900. The topological polar surface area (TPSA) is 26.3 Å². The van der Waals surface area contributed by atoms with Crippen LogP contribution in [-0.2, 0) is 9.53 Å². The molecule has 0 aromatic heterocycles. The minimum Gasteiger partial charge on any atom is -0.374 e. The van der Waals surface area contributed by atoms with E-state index in [1.165, 1.54) is 5.75 Å². The van der Waals surface area contributed by atoms with Crippen LogP contribution in [0.5, 0.6) is 0 Å². The molecule has 14 heavy (non-hydrogen) atoms. The van der Waals surface area contributed by atoms with E-state index in [2.05, 4.69) is 13.8 Å². The summed E-state index contributed by atoms with van der Waals surface area (Å²) in [5, 5.41) is 0.608. The predicted octanol–water partition coefficient (Wildman–Crippen LogP) is 2.22. The minimum atomic E-state index is 0.158. The molecule has 1 rings (SSSR count). The Hall–Kier alpha value is 0.330. The van der Waals surface area contributed by atoms with Gasteiger partial charge in [-0.1, -0.05) is 13.8 Å². The summed E-state index contributed by atoms with van der Waals surface area (Å²) < 4.78 is 5.27. The van der Waals surface area contributed by atoms with Crippen molar-refractivity contribution in [2.75, 3.05) is 24.7 Å². The average Bonchev–Trinajstić information content (AvgIpc) is 2.18. The molecule has 0 radical (unpaired) electrons. The van der Waals surface area contributed by atoms with Crippen molar-refractivity contribution in [3.05, 3.63) is 0 Å². The molecule has 2 atom stereocenters. The van der Waals surface area contributed by atoms with Gasteiger partial charge in [0.15, 0.2) is 5.78 Å². The number of ether oxygens (including phenoxy) is 1. The van der Waals surface area contributed by atoms with E-state index in [-0.39, 0.29) is 11.0 Å². The van der Waals surface area contributed by atoms with Crippen molar-refractivity contribution in [1.29, 1.82) is 0 Å². The molecule has 0 bridgehead atoms. The van der Waals surface area contributed by atoms with Crippen LogP contribution in [0.3, 0.4) is 0 Å². The number of rotatable bonds is 5. The molecule has 82 valence electrons. The van der Waals surface area contributed by atoms with Crippen molar-refractivity contribution in [2.24, 2.45) is 0 Å². The monoisotopic (exact) mass is 234 g/mol. The fourth-order valence-corrected chi connectivity index (χ4v) is 4.10. The highest BCUT2D eigenvalue weighted by Crippen LogP contribution is 2.31. The van der Waals surface area contributed by atoms with Gasteiger partial charge < -0.3 is 4.74 Å². The molecule has 0 spiro atoms. The first-order valence-corrected chi connectivity index (χ1v) is 7.19. The molecule has 0 aliphatic carbocycles. The highest BCUT2D eigenvalue weighted by molar-refractivity contribution is 8.07. The molecular weight excluding hydrogens is 216 g/mol. The first-order valence-electron chi connectivity index (χ1n) is 5.09. The van der Waals surface area contributed by atoms with Crippen LogP contribution in [0.25, 0.3) is 0 Å². The van der Waals surface area contributed by atoms with Gasteiger partial charge in [-0.25, -0.2) is 0 Å². The number of ketones is 1. The highest BCUT2D eigenvalue weighted by atomic mass is 32.2. The standard InChI is InChI=1S/C10H18O2S2/c1-3-4-12-7-9(11)10-8(2)13-5-6-14-10/h8,10H,3-7H2,1-2H3. The minimum absolute atomic E-state index is 0.158. The average molecular weight is 234 g/mol. The van der Waals surface area contributed by atoms with Gasteiger partial charge in [-0.15, -0.1) is 11.8 Å². The second-order valence-corrected chi connectivity index (χ2v) is 6.12. The van der Waals surface area contributed by atoms with Crippen LogP contribution in [0.4, 0.5) is 0 Å². The first-order chi connectivity index (χ1) is 6.75. The van der Waals surface area contributed by atoms with Gasteiger partial charge >= 0.3 is 0 Å². The number of carbonyl (C=O) groups is 1. The summed E-state index contributed by atoms with van der Waals surface area (Å²) in [4.78, 5) is 11.7. The lowest BCUT2D eigenvalue weighted by atomic mass is 10.2. The van der Waals surface area contributed by atoms with Gasteiger partial charge in [0.05, 0.1) is 5.25 Å². The Morgan fingerprint density at radius 1 is 1.43 bits per heavy atom. The zero-order valence-corrected chi connectivity index (χ0v) is 10.5. The number of Topliss-reactive ketones (excluding diaryl/α,β-unsaturated/α-hetero) is 1. The normalized spacial score (nSPS) is 27.6. The summed E-state index contributed by atoms with van der Waals surface area (Å²) in [7, 11) is 0. The van der Waals surface area contributed by atoms with Gasteiger partial charge in [-0.2, -0.15) is 11.8 Å². The lowest BCUT2D eigenvalue weighted by Gasteiger charge is -2.26. The molecule has 0 N–H and O–H groups in total. The quantitative estimate of drug-likeness (QED) is 0.681. The molecule has 4 heteroatoms. The van der Waals surface area contributed by atoms with Crippen molar-refractivity contribution in [3.8, 4) is 0 Å². The Bertz CT molecular complexity index is 185. The van der Waals surface area contributed by atoms with E-state index >= 15 is 0 Å². The summed E-state index contributed by atoms with van der Waals surface area (Å²) in [6.07, 6.45) is 0.982. The van der Waals surface area contributed by atoms with E-state index in [1.54, 1.807) is 11.8 Å². The zero-order valence-electron chi connectivity index (χ0n) is 8.82. The van der Waals surface area contributed by atoms with E-state index in [0.29, 0.717) is 18.5 Å². The molecule has 1 saturated heterocycles. The zero-order chi connectivity index (χ0) is 10.4. The Kier molecular flexibility index (Phi) is 5.98. The van der Waals surface area contributed by atoms with Crippen molar-refractivity contribution >= 4 is 29.3 Å². The van der Waals surface area contributed by atoms with Gasteiger partial charge in [0.1, 0.15) is 6.61 Å². The highest BCUT2D eigenvalue weighted by Gasteiger charge is 2.28. The van der Waals surface area contributed by atoms with Crippen LogP contribution in [0.2, 0.25) is 0 Å². The number of hydrogen-bond acceptors (Lipinski definition) is 4. The van der Waals surface area contributed by atoms with Crippen molar-refractivity contribution in [3.63, 3.8) is 0 Å². The summed E-state index contributed by atoms with van der Waals surface area (Å²) in [5.41, 5.74) is 0. The Labute approximate surface area is 94.5 Å². The van der Waals surface area contributed by atoms with Gasteiger partial charge in [-0.3, -0.25) is 4.79 Å². The third-order valence-electron chi connectivity index (χ3n) is 2.10. The smallest absolute Gasteiger partial charge is 0.172 e. The number of carbonyl (C=O) groups excluding carboxylic acids is 1. The molecule has 0 aromatic rings. The number of hydrogen-bond donors (Lipinski definition) is 0. The van der Waals surface area contributed by atoms with Gasteiger partial charge in [0, 0.05) is 23.4 Å². The predicted molar refractivity (Wildman–Crippen MR) is 64.3 cm³/mol. The van der Waals surface area contributed by atoms with Crippen LogP contribution in [0.1, 0.15) is 20.3 Å². The molecule has 1 aliphatic rings. The maximum Gasteiger partial charge on any atom is 0.172 e. The third-order valence-corrected chi connectivity index (χ3v) is 5.24. The van der Waals surface area contributed by atoms with Gasteiger partial charge in [0.25, 0.3) is 0 Å². The molecule has 1 heterocycles. The van der Waals surface area contributed by atoms with Crippen molar-refractivity contribution in [2.45, 2.75) is 30.8 Å². The van der Waals surface area contributed by atoms with E-state index in [1.807, 2.05) is 11.8 Å². The molecule has 1 fully saturated rings. The molecular formula is C10H18O2S2. The van der Waals surface area contributed by atoms with Crippen LogP contribution >= 0.6 is 23.5 Å². The first kappa shape index (κ1) is 12.4. The molecule has 0 saturated carbocycles. The van der Waals surface area contributed by atoms with Crippen LogP contribution in [0, 0.1) is 0 Å². The van der Waals surface area contributed by atoms with Gasteiger partial charge in [-0.05, 0) is 6.42 Å². The second kappa shape index (κ2) is 6.75. The second-order valence-electron chi connectivity index (χ2n) is 3.39. The molecule has 2 nitrogen and oxygen atoms in total. The summed E-state index contributed by atoms with van der Waals surface area (Å²) in [6, 6.07) is 0. The Morgan fingerprint density at radius 3 is 2.79 bits per heavy atom. The van der Waals surface area contributed by atoms with Crippen LogP contribution < -0.4 is 0 Å². The summed E-state index contributed by atoms with van der Waals surface area (Å²) >= 11 is 3.68. The van der Waals surface area contributed by atoms with Crippen LogP contribution in [0.15, 0.2) is 0 Å². The largest absolute Gasteiger partial charge is 0.374 e. The molecule has 0 aromatic carbocycles. The Balaban J connectivity index is 2.27. The maximum absolute atomic E-state index is 11.7. The van der Waals surface area contributed by atoms with E-state index in [4.69, 9.17) is 4.74 Å². The molecule has 2 unspecified atom stereocenters. The SMILES string of the molecule is CCCOCC(=O)C1SCCSC1C. The summed E-state index contributed by atoms with van der Waals surface area (Å²) in [6.45, 7) is 5.19.